The zero-order chi connectivity index (χ0) is 14.4. The highest BCUT2D eigenvalue weighted by Gasteiger charge is 2.14. The molecular weight excluding hydrogens is 320 g/mol. The highest BCUT2D eigenvalue weighted by atomic mass is 79.9. The van der Waals surface area contributed by atoms with Crippen molar-refractivity contribution in [3.8, 4) is 5.75 Å². The quantitative estimate of drug-likeness (QED) is 0.644. The topological polar surface area (TPSA) is 108 Å². The van der Waals surface area contributed by atoms with Crippen LogP contribution >= 0.6 is 15.9 Å². The summed E-state index contributed by atoms with van der Waals surface area (Å²) >= 11 is 3.25. The SMILES string of the molecule is COc1ccc(Br)cc1NC(=O)NCC(O)C(=O)O. The average Bonchev–Trinajstić information content (AvgIpc) is 2.36. The zero-order valence-corrected chi connectivity index (χ0v) is 11.6. The molecule has 0 aromatic heterocycles. The van der Waals surface area contributed by atoms with Gasteiger partial charge in [-0.3, -0.25) is 0 Å². The summed E-state index contributed by atoms with van der Waals surface area (Å²) in [5.41, 5.74) is 0.416. The summed E-state index contributed by atoms with van der Waals surface area (Å²) in [7, 11) is 1.46. The van der Waals surface area contributed by atoms with Gasteiger partial charge in [-0.05, 0) is 18.2 Å². The summed E-state index contributed by atoms with van der Waals surface area (Å²) in [6, 6.07) is 4.39. The van der Waals surface area contributed by atoms with Crippen molar-refractivity contribution in [1.29, 1.82) is 0 Å². The highest BCUT2D eigenvalue weighted by molar-refractivity contribution is 9.10. The van der Waals surface area contributed by atoms with E-state index in [-0.39, 0.29) is 0 Å². The molecule has 0 aliphatic rings. The number of carbonyl (C=O) groups is 2. The monoisotopic (exact) mass is 332 g/mol. The van der Waals surface area contributed by atoms with Gasteiger partial charge in [0, 0.05) is 4.47 Å². The molecular formula is C11H13BrN2O5. The van der Waals surface area contributed by atoms with Gasteiger partial charge in [-0.2, -0.15) is 0 Å². The van der Waals surface area contributed by atoms with E-state index < -0.39 is 24.6 Å². The molecule has 1 atom stereocenters. The van der Waals surface area contributed by atoms with Crippen molar-refractivity contribution >= 4 is 33.6 Å². The Kier molecular flexibility index (Phi) is 5.58. The summed E-state index contributed by atoms with van der Waals surface area (Å²) < 4.78 is 5.80. The molecule has 1 aromatic carbocycles. The van der Waals surface area contributed by atoms with E-state index in [9.17, 15) is 9.59 Å². The minimum atomic E-state index is -1.64. The lowest BCUT2D eigenvalue weighted by molar-refractivity contribution is -0.146. The van der Waals surface area contributed by atoms with E-state index in [1.807, 2.05) is 0 Å². The van der Waals surface area contributed by atoms with Gasteiger partial charge in [0.2, 0.25) is 0 Å². The minimum absolute atomic E-state index is 0.391. The molecule has 0 fully saturated rings. The number of hydrogen-bond acceptors (Lipinski definition) is 4. The highest BCUT2D eigenvalue weighted by Crippen LogP contribution is 2.27. The molecule has 0 bridgehead atoms. The Morgan fingerprint density at radius 2 is 2.16 bits per heavy atom. The number of anilines is 1. The van der Waals surface area contributed by atoms with Crippen molar-refractivity contribution < 1.29 is 24.5 Å². The number of carboxylic acids is 1. The molecule has 0 heterocycles. The number of benzene rings is 1. The molecule has 0 saturated heterocycles. The molecule has 0 aliphatic carbocycles. The zero-order valence-electron chi connectivity index (χ0n) is 10.0. The Balaban J connectivity index is 2.62. The maximum absolute atomic E-state index is 11.5. The number of hydrogen-bond donors (Lipinski definition) is 4. The second kappa shape index (κ2) is 6.95. The molecule has 4 N–H and O–H groups in total. The van der Waals surface area contributed by atoms with Crippen molar-refractivity contribution in [2.24, 2.45) is 0 Å². The number of aliphatic hydroxyl groups is 1. The van der Waals surface area contributed by atoms with Crippen LogP contribution in [0.5, 0.6) is 5.75 Å². The van der Waals surface area contributed by atoms with E-state index in [1.165, 1.54) is 7.11 Å². The summed E-state index contributed by atoms with van der Waals surface area (Å²) in [4.78, 5) is 21.9. The fourth-order valence-electron chi connectivity index (χ4n) is 1.22. The first-order valence-electron chi connectivity index (χ1n) is 5.23. The fraction of sp³-hybridized carbons (Fsp3) is 0.273. The van der Waals surface area contributed by atoms with Crippen LogP contribution in [-0.4, -0.2) is 42.0 Å². The number of ether oxygens (including phenoxy) is 1. The molecule has 2 amide bonds. The number of nitrogens with one attached hydrogen (secondary N) is 2. The largest absolute Gasteiger partial charge is 0.495 e. The van der Waals surface area contributed by atoms with Crippen LogP contribution in [-0.2, 0) is 4.79 Å². The van der Waals surface area contributed by atoms with Gasteiger partial charge in [0.1, 0.15) is 5.75 Å². The van der Waals surface area contributed by atoms with Gasteiger partial charge in [0.25, 0.3) is 0 Å². The second-order valence-corrected chi connectivity index (χ2v) is 4.45. The number of methoxy groups -OCH3 is 1. The minimum Gasteiger partial charge on any atom is -0.495 e. The number of urea groups is 1. The van der Waals surface area contributed by atoms with Crippen LogP contribution in [0.3, 0.4) is 0 Å². The predicted molar refractivity (Wildman–Crippen MR) is 71.4 cm³/mol. The fourth-order valence-corrected chi connectivity index (χ4v) is 1.58. The van der Waals surface area contributed by atoms with Gasteiger partial charge in [0.05, 0.1) is 19.3 Å². The van der Waals surface area contributed by atoms with E-state index in [1.54, 1.807) is 18.2 Å². The predicted octanol–water partition coefficient (Wildman–Crippen LogP) is 1.02. The number of rotatable bonds is 5. The Hall–Kier alpha value is -1.80. The lowest BCUT2D eigenvalue weighted by atomic mass is 10.3. The van der Waals surface area contributed by atoms with Gasteiger partial charge in [-0.25, -0.2) is 9.59 Å². The Labute approximate surface area is 117 Å². The Bertz CT molecular complexity index is 480. The molecule has 19 heavy (non-hydrogen) atoms. The van der Waals surface area contributed by atoms with E-state index >= 15 is 0 Å². The van der Waals surface area contributed by atoms with Crippen LogP contribution in [0.25, 0.3) is 0 Å². The van der Waals surface area contributed by atoms with Crippen LogP contribution < -0.4 is 15.4 Å². The molecule has 104 valence electrons. The summed E-state index contributed by atoms with van der Waals surface area (Å²) in [6.07, 6.45) is -1.64. The third-order valence-electron chi connectivity index (χ3n) is 2.15. The van der Waals surface area contributed by atoms with Crippen LogP contribution in [0.2, 0.25) is 0 Å². The standard InChI is InChI=1S/C11H13BrN2O5/c1-19-9-3-2-6(12)4-7(9)14-11(18)13-5-8(15)10(16)17/h2-4,8,15H,5H2,1H3,(H,16,17)(H2,13,14,18). The molecule has 0 spiro atoms. The van der Waals surface area contributed by atoms with Gasteiger partial charge < -0.3 is 25.6 Å². The van der Waals surface area contributed by atoms with Crippen molar-refractivity contribution in [3.05, 3.63) is 22.7 Å². The third-order valence-corrected chi connectivity index (χ3v) is 2.64. The van der Waals surface area contributed by atoms with E-state index in [4.69, 9.17) is 14.9 Å². The first-order chi connectivity index (χ1) is 8.93. The maximum atomic E-state index is 11.5. The number of carboxylic acid groups (broad SMARTS) is 1. The molecule has 7 nitrogen and oxygen atoms in total. The molecule has 1 unspecified atom stereocenters. The van der Waals surface area contributed by atoms with Crippen molar-refractivity contribution in [2.45, 2.75) is 6.10 Å². The summed E-state index contributed by atoms with van der Waals surface area (Å²) in [5.74, 6) is -0.947. The lowest BCUT2D eigenvalue weighted by Gasteiger charge is -2.12. The van der Waals surface area contributed by atoms with E-state index in [2.05, 4.69) is 26.6 Å². The second-order valence-electron chi connectivity index (χ2n) is 3.53. The van der Waals surface area contributed by atoms with Gasteiger partial charge in [-0.1, -0.05) is 15.9 Å². The van der Waals surface area contributed by atoms with Crippen molar-refractivity contribution in [1.82, 2.24) is 5.32 Å². The van der Waals surface area contributed by atoms with Gasteiger partial charge >= 0.3 is 12.0 Å². The molecule has 0 radical (unpaired) electrons. The lowest BCUT2D eigenvalue weighted by Crippen LogP contribution is -2.38. The Morgan fingerprint density at radius 1 is 1.47 bits per heavy atom. The van der Waals surface area contributed by atoms with Crippen LogP contribution in [0.1, 0.15) is 0 Å². The first kappa shape index (κ1) is 15.3. The number of aliphatic carboxylic acids is 1. The van der Waals surface area contributed by atoms with Gasteiger partial charge in [-0.15, -0.1) is 0 Å². The van der Waals surface area contributed by atoms with E-state index in [0.717, 1.165) is 4.47 Å². The van der Waals surface area contributed by atoms with Crippen molar-refractivity contribution in [2.75, 3.05) is 19.0 Å². The third kappa shape index (κ3) is 4.76. The number of carbonyl (C=O) groups excluding carboxylic acids is 1. The molecule has 1 rings (SSSR count). The van der Waals surface area contributed by atoms with Crippen LogP contribution in [0.15, 0.2) is 22.7 Å². The first-order valence-corrected chi connectivity index (χ1v) is 6.02. The van der Waals surface area contributed by atoms with Crippen LogP contribution in [0.4, 0.5) is 10.5 Å². The maximum Gasteiger partial charge on any atom is 0.334 e. The number of aliphatic hydroxyl groups excluding tert-OH is 1. The van der Waals surface area contributed by atoms with Gasteiger partial charge in [0.15, 0.2) is 6.10 Å². The number of amides is 2. The Morgan fingerprint density at radius 3 is 2.74 bits per heavy atom. The number of halogens is 1. The van der Waals surface area contributed by atoms with E-state index in [0.29, 0.717) is 11.4 Å². The normalized spacial score (nSPS) is 11.5. The summed E-state index contributed by atoms with van der Waals surface area (Å²) in [6.45, 7) is -0.391. The molecule has 1 aromatic rings. The van der Waals surface area contributed by atoms with Crippen LogP contribution in [0, 0.1) is 0 Å². The average molecular weight is 333 g/mol. The van der Waals surface area contributed by atoms with Crippen molar-refractivity contribution in [3.63, 3.8) is 0 Å². The molecule has 0 saturated carbocycles. The summed E-state index contributed by atoms with van der Waals surface area (Å²) in [5, 5.41) is 22.2. The smallest absolute Gasteiger partial charge is 0.334 e. The molecule has 0 aliphatic heterocycles. The molecule has 8 heteroatoms.